The van der Waals surface area contributed by atoms with Crippen molar-refractivity contribution in [2.75, 3.05) is 0 Å². The smallest absolute Gasteiger partial charge is 0.188 e. The number of carbonyl (C=O) groups is 1. The molecular weight excluding hydrogens is 324 g/mol. The first-order chi connectivity index (χ1) is 9.08. The van der Waals surface area contributed by atoms with Gasteiger partial charge in [-0.05, 0) is 24.6 Å². The Morgan fingerprint density at radius 1 is 1.16 bits per heavy atom. The lowest BCUT2D eigenvalue weighted by Crippen LogP contribution is -1.97. The first-order valence-corrected chi connectivity index (χ1v) is 6.98. The number of hydrogen-bond acceptors (Lipinski definition) is 1. The first kappa shape index (κ1) is 14.0. The topological polar surface area (TPSA) is 17.1 Å². The molecule has 3 heteroatoms. The van der Waals surface area contributed by atoms with E-state index >= 15 is 0 Å². The number of halogens is 2. The van der Waals surface area contributed by atoms with Crippen molar-refractivity contribution in [1.29, 1.82) is 0 Å². The third-order valence-electron chi connectivity index (χ3n) is 2.69. The molecular formula is C16H12BrClO. The number of carbonyl (C=O) groups excluding carboxylic acids is 1. The zero-order valence-corrected chi connectivity index (χ0v) is 12.7. The van der Waals surface area contributed by atoms with Gasteiger partial charge in [0.25, 0.3) is 0 Å². The highest BCUT2D eigenvalue weighted by atomic mass is 79.9. The third kappa shape index (κ3) is 3.55. The van der Waals surface area contributed by atoms with Crippen LogP contribution in [0.15, 0.2) is 59.1 Å². The molecule has 0 fully saturated rings. The summed E-state index contributed by atoms with van der Waals surface area (Å²) in [4.78, 5) is 12.2. The molecule has 0 amide bonds. The molecule has 19 heavy (non-hydrogen) atoms. The largest absolute Gasteiger partial charge is 0.289 e. The van der Waals surface area contributed by atoms with Crippen LogP contribution in [0.3, 0.4) is 0 Å². The van der Waals surface area contributed by atoms with E-state index in [1.165, 1.54) is 6.08 Å². The van der Waals surface area contributed by atoms with Gasteiger partial charge in [0, 0.05) is 16.1 Å². The summed E-state index contributed by atoms with van der Waals surface area (Å²) in [6.07, 6.45) is 1.45. The number of ketones is 1. The fraction of sp³-hybridized carbons (Fsp3) is 0.0625. The molecule has 0 saturated carbocycles. The molecule has 0 N–H and O–H groups in total. The Hall–Kier alpha value is -1.38. The summed E-state index contributed by atoms with van der Waals surface area (Å²) in [6.45, 7) is 1.95. The number of hydrogen-bond donors (Lipinski definition) is 0. The quantitative estimate of drug-likeness (QED) is 0.555. The molecule has 96 valence electrons. The third-order valence-corrected chi connectivity index (χ3v) is 3.71. The molecule has 2 aromatic rings. The minimum atomic E-state index is -0.107. The van der Waals surface area contributed by atoms with Crippen molar-refractivity contribution < 1.29 is 4.79 Å². The second kappa shape index (κ2) is 6.18. The molecule has 1 nitrogen and oxygen atoms in total. The molecule has 0 saturated heterocycles. The lowest BCUT2D eigenvalue weighted by atomic mass is 10.1. The highest BCUT2D eigenvalue weighted by molar-refractivity contribution is 9.10. The van der Waals surface area contributed by atoms with Gasteiger partial charge in [-0.1, -0.05) is 69.5 Å². The minimum Gasteiger partial charge on any atom is -0.289 e. The number of aryl methyl sites for hydroxylation is 1. The molecule has 0 spiro atoms. The van der Waals surface area contributed by atoms with E-state index in [4.69, 9.17) is 11.6 Å². The Morgan fingerprint density at radius 2 is 1.84 bits per heavy atom. The van der Waals surface area contributed by atoms with Crippen LogP contribution in [-0.4, -0.2) is 5.78 Å². The van der Waals surface area contributed by atoms with E-state index in [9.17, 15) is 4.79 Å². The number of benzene rings is 2. The van der Waals surface area contributed by atoms with Gasteiger partial charge in [0.2, 0.25) is 0 Å². The Kier molecular flexibility index (Phi) is 4.56. The predicted molar refractivity (Wildman–Crippen MR) is 83.5 cm³/mol. The van der Waals surface area contributed by atoms with Gasteiger partial charge >= 0.3 is 0 Å². The molecule has 0 aromatic heterocycles. The van der Waals surface area contributed by atoms with Crippen LogP contribution in [0, 0.1) is 6.92 Å². The standard InChI is InChI=1S/C16H12BrClO/c1-11-7-8-14(17)13(9-11)16(19)10-15(18)12-5-3-2-4-6-12/h2-10H,1H3/b15-10-. The van der Waals surface area contributed by atoms with Gasteiger partial charge in [-0.2, -0.15) is 0 Å². The molecule has 0 aliphatic carbocycles. The summed E-state index contributed by atoms with van der Waals surface area (Å²) in [5.41, 5.74) is 2.49. The van der Waals surface area contributed by atoms with Crippen LogP contribution in [0.5, 0.6) is 0 Å². The maximum atomic E-state index is 12.2. The summed E-state index contributed by atoms with van der Waals surface area (Å²) in [6, 6.07) is 15.1. The number of rotatable bonds is 3. The average molecular weight is 336 g/mol. The normalized spacial score (nSPS) is 11.4. The highest BCUT2D eigenvalue weighted by Crippen LogP contribution is 2.23. The fourth-order valence-electron chi connectivity index (χ4n) is 1.70. The zero-order valence-electron chi connectivity index (χ0n) is 10.4. The van der Waals surface area contributed by atoms with Crippen LogP contribution in [0.4, 0.5) is 0 Å². The maximum Gasteiger partial charge on any atom is 0.188 e. The lowest BCUT2D eigenvalue weighted by Gasteiger charge is -2.03. The van der Waals surface area contributed by atoms with E-state index in [1.54, 1.807) is 0 Å². The van der Waals surface area contributed by atoms with Crippen LogP contribution >= 0.6 is 27.5 Å². The van der Waals surface area contributed by atoms with Crippen molar-refractivity contribution in [3.05, 3.63) is 75.8 Å². The van der Waals surface area contributed by atoms with Crippen molar-refractivity contribution >= 4 is 38.3 Å². The molecule has 0 aliphatic heterocycles. The maximum absolute atomic E-state index is 12.2. The van der Waals surface area contributed by atoms with Gasteiger partial charge < -0.3 is 0 Å². The van der Waals surface area contributed by atoms with Crippen molar-refractivity contribution in [3.8, 4) is 0 Å². The molecule has 0 unspecified atom stereocenters. The van der Waals surface area contributed by atoms with E-state index < -0.39 is 0 Å². The molecule has 0 heterocycles. The van der Waals surface area contributed by atoms with E-state index in [2.05, 4.69) is 15.9 Å². The summed E-state index contributed by atoms with van der Waals surface area (Å²) < 4.78 is 0.775. The average Bonchev–Trinajstić information content (AvgIpc) is 2.42. The van der Waals surface area contributed by atoms with Crippen molar-refractivity contribution in [1.82, 2.24) is 0 Å². The molecule has 0 bridgehead atoms. The van der Waals surface area contributed by atoms with E-state index in [0.717, 1.165) is 15.6 Å². The summed E-state index contributed by atoms with van der Waals surface area (Å²) >= 11 is 9.55. The highest BCUT2D eigenvalue weighted by Gasteiger charge is 2.09. The van der Waals surface area contributed by atoms with Crippen LogP contribution in [-0.2, 0) is 0 Å². The van der Waals surface area contributed by atoms with Gasteiger partial charge in [-0.25, -0.2) is 0 Å². The van der Waals surface area contributed by atoms with Gasteiger partial charge in [0.05, 0.1) is 5.03 Å². The molecule has 2 aromatic carbocycles. The molecule has 2 rings (SSSR count). The summed E-state index contributed by atoms with van der Waals surface area (Å²) in [7, 11) is 0. The second-order valence-corrected chi connectivity index (χ2v) is 5.47. The van der Waals surface area contributed by atoms with Gasteiger partial charge in [0.15, 0.2) is 5.78 Å². The molecule has 0 radical (unpaired) electrons. The van der Waals surface area contributed by atoms with Crippen molar-refractivity contribution in [2.45, 2.75) is 6.92 Å². The summed E-state index contributed by atoms with van der Waals surface area (Å²) in [5, 5.41) is 0.444. The van der Waals surface area contributed by atoms with Crippen LogP contribution in [0.25, 0.3) is 5.03 Å². The zero-order chi connectivity index (χ0) is 13.8. The molecule has 0 aliphatic rings. The number of allylic oxidation sites excluding steroid dienone is 1. The van der Waals surface area contributed by atoms with Gasteiger partial charge in [-0.3, -0.25) is 4.79 Å². The SMILES string of the molecule is Cc1ccc(Br)c(C(=O)/C=C(\Cl)c2ccccc2)c1. The Balaban J connectivity index is 2.33. The van der Waals surface area contributed by atoms with Crippen molar-refractivity contribution in [3.63, 3.8) is 0 Å². The first-order valence-electron chi connectivity index (χ1n) is 5.81. The predicted octanol–water partition coefficient (Wildman–Crippen LogP) is 5.22. The monoisotopic (exact) mass is 334 g/mol. The van der Waals surface area contributed by atoms with Gasteiger partial charge in [-0.15, -0.1) is 0 Å². The summed E-state index contributed by atoms with van der Waals surface area (Å²) in [5.74, 6) is -0.107. The van der Waals surface area contributed by atoms with Crippen molar-refractivity contribution in [2.24, 2.45) is 0 Å². The second-order valence-electron chi connectivity index (χ2n) is 4.21. The lowest BCUT2D eigenvalue weighted by molar-refractivity contribution is 0.104. The Bertz CT molecular complexity index is 632. The Labute approximate surface area is 126 Å². The van der Waals surface area contributed by atoms with E-state index in [1.807, 2.05) is 55.5 Å². The molecule has 0 atom stereocenters. The van der Waals surface area contributed by atoms with E-state index in [-0.39, 0.29) is 5.78 Å². The van der Waals surface area contributed by atoms with Crippen LogP contribution in [0.2, 0.25) is 0 Å². The fourth-order valence-corrected chi connectivity index (χ4v) is 2.37. The van der Waals surface area contributed by atoms with Crippen LogP contribution in [0.1, 0.15) is 21.5 Å². The van der Waals surface area contributed by atoms with E-state index in [0.29, 0.717) is 10.6 Å². The van der Waals surface area contributed by atoms with Crippen LogP contribution < -0.4 is 0 Å². The Morgan fingerprint density at radius 3 is 2.53 bits per heavy atom. The van der Waals surface area contributed by atoms with Gasteiger partial charge in [0.1, 0.15) is 0 Å². The minimum absolute atomic E-state index is 0.107.